The molecule has 1 N–H and O–H groups in total. The first-order chi connectivity index (χ1) is 4.31. The minimum absolute atomic E-state index is 0.730. The quantitative estimate of drug-likeness (QED) is 0.596. The van der Waals surface area contributed by atoms with E-state index in [0.29, 0.717) is 0 Å². The average Bonchev–Trinajstić information content (AvgIpc) is 2.46. The SMILES string of the molecule is CC1(C2CNCS2)CC1. The molecule has 2 rings (SSSR count). The maximum Gasteiger partial charge on any atom is 0.0421 e. The van der Waals surface area contributed by atoms with Crippen molar-refractivity contribution in [3.8, 4) is 0 Å². The molecule has 2 aliphatic rings. The Bertz CT molecular complexity index is 114. The predicted molar refractivity (Wildman–Crippen MR) is 41.6 cm³/mol. The molecule has 52 valence electrons. The molecule has 1 saturated heterocycles. The van der Waals surface area contributed by atoms with E-state index in [2.05, 4.69) is 24.0 Å². The van der Waals surface area contributed by atoms with Gasteiger partial charge in [-0.1, -0.05) is 6.92 Å². The lowest BCUT2D eigenvalue weighted by atomic mass is 10.1. The fraction of sp³-hybridized carbons (Fsp3) is 1.00. The van der Waals surface area contributed by atoms with E-state index < -0.39 is 0 Å². The van der Waals surface area contributed by atoms with Crippen LogP contribution in [0, 0.1) is 5.41 Å². The Hall–Kier alpha value is 0.310. The standard InChI is InChI=1S/C7H13NS/c1-7(2-3-7)6-4-8-5-9-6/h6,8H,2-5H2,1H3. The number of rotatable bonds is 1. The largest absolute Gasteiger partial charge is 0.307 e. The second kappa shape index (κ2) is 1.89. The fourth-order valence-electron chi connectivity index (χ4n) is 1.38. The van der Waals surface area contributed by atoms with Crippen LogP contribution in [0.25, 0.3) is 0 Å². The lowest BCUT2D eigenvalue weighted by Crippen LogP contribution is -2.20. The van der Waals surface area contributed by atoms with Gasteiger partial charge in [0.1, 0.15) is 0 Å². The van der Waals surface area contributed by atoms with Gasteiger partial charge >= 0.3 is 0 Å². The number of thioether (sulfide) groups is 1. The van der Waals surface area contributed by atoms with Crippen LogP contribution in [0.2, 0.25) is 0 Å². The van der Waals surface area contributed by atoms with Crippen LogP contribution in [0.5, 0.6) is 0 Å². The van der Waals surface area contributed by atoms with Crippen molar-refractivity contribution in [3.05, 3.63) is 0 Å². The highest BCUT2D eigenvalue weighted by Crippen LogP contribution is 2.53. The van der Waals surface area contributed by atoms with Crippen LogP contribution >= 0.6 is 11.8 Å². The third kappa shape index (κ3) is 0.987. The van der Waals surface area contributed by atoms with Crippen molar-refractivity contribution in [2.45, 2.75) is 25.0 Å². The predicted octanol–water partition coefficient (Wildman–Crippen LogP) is 1.45. The van der Waals surface area contributed by atoms with Gasteiger partial charge in [-0.15, -0.1) is 11.8 Å². The van der Waals surface area contributed by atoms with E-state index in [4.69, 9.17) is 0 Å². The van der Waals surface area contributed by atoms with Crippen LogP contribution in [0.3, 0.4) is 0 Å². The molecule has 1 saturated carbocycles. The molecule has 1 aliphatic carbocycles. The van der Waals surface area contributed by atoms with Gasteiger partial charge in [-0.05, 0) is 18.3 Å². The zero-order chi connectivity index (χ0) is 6.32. The van der Waals surface area contributed by atoms with Crippen molar-refractivity contribution in [2.24, 2.45) is 5.41 Å². The summed E-state index contributed by atoms with van der Waals surface area (Å²) in [6.07, 6.45) is 2.93. The normalized spacial score (nSPS) is 39.0. The zero-order valence-electron chi connectivity index (χ0n) is 5.81. The highest BCUT2D eigenvalue weighted by atomic mass is 32.2. The summed E-state index contributed by atoms with van der Waals surface area (Å²) in [4.78, 5) is 0. The van der Waals surface area contributed by atoms with E-state index in [9.17, 15) is 0 Å². The van der Waals surface area contributed by atoms with Gasteiger partial charge in [-0.2, -0.15) is 0 Å². The monoisotopic (exact) mass is 143 g/mol. The number of hydrogen-bond acceptors (Lipinski definition) is 2. The molecule has 0 aromatic rings. The lowest BCUT2D eigenvalue weighted by molar-refractivity contribution is 0.534. The molecular weight excluding hydrogens is 130 g/mol. The summed E-state index contributed by atoms with van der Waals surface area (Å²) in [6, 6.07) is 0. The summed E-state index contributed by atoms with van der Waals surface area (Å²) in [6.45, 7) is 3.67. The third-order valence-electron chi connectivity index (χ3n) is 2.53. The van der Waals surface area contributed by atoms with E-state index in [1.165, 1.54) is 25.3 Å². The minimum atomic E-state index is 0.730. The first-order valence-corrected chi connectivity index (χ1v) is 4.68. The first kappa shape index (κ1) is 6.05. The molecule has 2 heteroatoms. The third-order valence-corrected chi connectivity index (χ3v) is 4.04. The van der Waals surface area contributed by atoms with Gasteiger partial charge < -0.3 is 5.32 Å². The van der Waals surface area contributed by atoms with Gasteiger partial charge in [-0.3, -0.25) is 0 Å². The van der Waals surface area contributed by atoms with Gasteiger partial charge in [0.25, 0.3) is 0 Å². The van der Waals surface area contributed by atoms with Crippen LogP contribution in [0.4, 0.5) is 0 Å². The Kier molecular flexibility index (Phi) is 1.27. The summed E-state index contributed by atoms with van der Waals surface area (Å²) >= 11 is 2.10. The van der Waals surface area contributed by atoms with Gasteiger partial charge in [0.2, 0.25) is 0 Å². The summed E-state index contributed by atoms with van der Waals surface area (Å²) in [5.41, 5.74) is 0.730. The second-order valence-electron chi connectivity index (χ2n) is 3.41. The van der Waals surface area contributed by atoms with Crippen molar-refractivity contribution in [1.29, 1.82) is 0 Å². The van der Waals surface area contributed by atoms with Gasteiger partial charge in [0.05, 0.1) is 0 Å². The van der Waals surface area contributed by atoms with Gasteiger partial charge in [0, 0.05) is 17.7 Å². The fourth-order valence-corrected chi connectivity index (χ4v) is 2.69. The van der Waals surface area contributed by atoms with E-state index in [-0.39, 0.29) is 0 Å². The first-order valence-electron chi connectivity index (χ1n) is 3.64. The zero-order valence-corrected chi connectivity index (χ0v) is 6.63. The van der Waals surface area contributed by atoms with Gasteiger partial charge in [0.15, 0.2) is 0 Å². The maximum absolute atomic E-state index is 3.38. The Morgan fingerprint density at radius 1 is 1.56 bits per heavy atom. The van der Waals surface area contributed by atoms with Crippen LogP contribution in [-0.2, 0) is 0 Å². The topological polar surface area (TPSA) is 12.0 Å². The Morgan fingerprint density at radius 3 is 2.78 bits per heavy atom. The Labute approximate surface area is 60.6 Å². The van der Waals surface area contributed by atoms with Gasteiger partial charge in [-0.25, -0.2) is 0 Å². The summed E-state index contributed by atoms with van der Waals surface area (Å²) in [5.74, 6) is 1.18. The summed E-state index contributed by atoms with van der Waals surface area (Å²) in [5, 5.41) is 4.31. The van der Waals surface area contributed by atoms with E-state index in [1.54, 1.807) is 0 Å². The molecule has 0 bridgehead atoms. The average molecular weight is 143 g/mol. The molecule has 0 amide bonds. The van der Waals surface area contributed by atoms with Crippen LogP contribution in [0.1, 0.15) is 19.8 Å². The molecule has 2 fully saturated rings. The van der Waals surface area contributed by atoms with Crippen LogP contribution in [0.15, 0.2) is 0 Å². The molecule has 0 aromatic carbocycles. The van der Waals surface area contributed by atoms with E-state index >= 15 is 0 Å². The molecule has 1 aliphatic heterocycles. The molecule has 0 spiro atoms. The van der Waals surface area contributed by atoms with Crippen molar-refractivity contribution >= 4 is 11.8 Å². The van der Waals surface area contributed by atoms with Crippen molar-refractivity contribution in [1.82, 2.24) is 5.32 Å². The number of nitrogens with one attached hydrogen (secondary N) is 1. The molecule has 1 heterocycles. The Morgan fingerprint density at radius 2 is 2.33 bits per heavy atom. The van der Waals surface area contributed by atoms with Crippen molar-refractivity contribution in [2.75, 3.05) is 12.4 Å². The van der Waals surface area contributed by atoms with Crippen LogP contribution in [-0.4, -0.2) is 17.7 Å². The molecule has 1 atom stereocenters. The van der Waals surface area contributed by atoms with E-state index in [1.807, 2.05) is 0 Å². The second-order valence-corrected chi connectivity index (χ2v) is 4.60. The highest BCUT2D eigenvalue weighted by molar-refractivity contribution is 8.00. The highest BCUT2D eigenvalue weighted by Gasteiger charge is 2.45. The molecule has 1 nitrogen and oxygen atoms in total. The van der Waals surface area contributed by atoms with Crippen LogP contribution < -0.4 is 5.32 Å². The molecule has 0 aromatic heterocycles. The summed E-state index contributed by atoms with van der Waals surface area (Å²) in [7, 11) is 0. The molecule has 0 radical (unpaired) electrons. The smallest absolute Gasteiger partial charge is 0.0421 e. The molecule has 9 heavy (non-hydrogen) atoms. The van der Waals surface area contributed by atoms with E-state index in [0.717, 1.165) is 10.7 Å². The maximum atomic E-state index is 3.38. The minimum Gasteiger partial charge on any atom is -0.307 e. The molecular formula is C7H13NS. The molecule has 1 unspecified atom stereocenters. The lowest BCUT2D eigenvalue weighted by Gasteiger charge is -2.14. The number of hydrogen-bond donors (Lipinski definition) is 1. The van der Waals surface area contributed by atoms with Crippen molar-refractivity contribution < 1.29 is 0 Å². The Balaban J connectivity index is 1.97. The van der Waals surface area contributed by atoms with Crippen molar-refractivity contribution in [3.63, 3.8) is 0 Å². The summed E-state index contributed by atoms with van der Waals surface area (Å²) < 4.78 is 0.